The largest absolute Gasteiger partial charge is 0.256 e. The van der Waals surface area contributed by atoms with Gasteiger partial charge in [-0.25, -0.2) is 0 Å². The quantitative estimate of drug-likeness (QED) is 0.646. The van der Waals surface area contributed by atoms with Gasteiger partial charge in [0.15, 0.2) is 0 Å². The third kappa shape index (κ3) is 3.41. The highest BCUT2D eigenvalue weighted by Crippen LogP contribution is 2.45. The van der Waals surface area contributed by atoms with Crippen LogP contribution in [0.25, 0.3) is 0 Å². The maximum atomic E-state index is 4.79. The second kappa shape index (κ2) is 5.48. The number of rotatable bonds is 3. The summed E-state index contributed by atoms with van der Waals surface area (Å²) in [6.07, 6.45) is 4.60. The number of aliphatic imine (C=N–C) groups is 1. The SMILES string of the molecule is CC(C)(C)c1ccc(C2CC2)c(N=Cc2ccccc2)c1. The Kier molecular flexibility index (Phi) is 3.67. The van der Waals surface area contributed by atoms with Crippen LogP contribution < -0.4 is 0 Å². The number of hydrogen-bond acceptors (Lipinski definition) is 1. The van der Waals surface area contributed by atoms with E-state index in [2.05, 4.69) is 63.2 Å². The van der Waals surface area contributed by atoms with Gasteiger partial charge in [-0.3, -0.25) is 4.99 Å². The fourth-order valence-electron chi connectivity index (χ4n) is 2.54. The minimum Gasteiger partial charge on any atom is -0.256 e. The predicted molar refractivity (Wildman–Crippen MR) is 90.8 cm³/mol. The van der Waals surface area contributed by atoms with E-state index in [0.29, 0.717) is 0 Å². The Morgan fingerprint density at radius 3 is 2.33 bits per heavy atom. The molecule has 0 saturated heterocycles. The van der Waals surface area contributed by atoms with Gasteiger partial charge in [-0.15, -0.1) is 0 Å². The lowest BCUT2D eigenvalue weighted by molar-refractivity contribution is 0.590. The smallest absolute Gasteiger partial charge is 0.0667 e. The van der Waals surface area contributed by atoms with E-state index in [1.54, 1.807) is 0 Å². The minimum atomic E-state index is 0.166. The molecule has 0 bridgehead atoms. The van der Waals surface area contributed by atoms with E-state index in [4.69, 9.17) is 4.99 Å². The van der Waals surface area contributed by atoms with Crippen molar-refractivity contribution in [2.24, 2.45) is 4.99 Å². The summed E-state index contributed by atoms with van der Waals surface area (Å²) in [4.78, 5) is 4.79. The van der Waals surface area contributed by atoms with Gasteiger partial charge in [-0.05, 0) is 46.9 Å². The molecule has 0 aromatic heterocycles. The van der Waals surface area contributed by atoms with Gasteiger partial charge in [0.25, 0.3) is 0 Å². The summed E-state index contributed by atoms with van der Waals surface area (Å²) in [6.45, 7) is 6.76. The zero-order valence-corrected chi connectivity index (χ0v) is 13.1. The molecule has 0 N–H and O–H groups in total. The first kappa shape index (κ1) is 14.1. The van der Waals surface area contributed by atoms with Crippen molar-refractivity contribution in [2.75, 3.05) is 0 Å². The molecule has 0 amide bonds. The van der Waals surface area contributed by atoms with Gasteiger partial charge in [0, 0.05) is 6.21 Å². The average Bonchev–Trinajstić information content (AvgIpc) is 3.29. The molecule has 0 heterocycles. The van der Waals surface area contributed by atoms with Crippen molar-refractivity contribution in [3.63, 3.8) is 0 Å². The molecule has 2 aromatic rings. The molecule has 1 saturated carbocycles. The van der Waals surface area contributed by atoms with Crippen LogP contribution in [0.2, 0.25) is 0 Å². The Labute approximate surface area is 127 Å². The standard InChI is InChI=1S/C20H23N/c1-20(2,3)17-11-12-18(16-9-10-16)19(13-17)21-14-15-7-5-4-6-8-15/h4-8,11-14,16H,9-10H2,1-3H3. The molecule has 0 spiro atoms. The molecule has 108 valence electrons. The summed E-state index contributed by atoms with van der Waals surface area (Å²) >= 11 is 0. The van der Waals surface area contributed by atoms with E-state index in [9.17, 15) is 0 Å². The van der Waals surface area contributed by atoms with Crippen molar-refractivity contribution in [2.45, 2.75) is 44.9 Å². The molecule has 1 aliphatic rings. The summed E-state index contributed by atoms with van der Waals surface area (Å²) in [5.41, 5.74) is 5.23. The maximum absolute atomic E-state index is 4.79. The summed E-state index contributed by atoms with van der Waals surface area (Å²) in [7, 11) is 0. The van der Waals surface area contributed by atoms with Gasteiger partial charge in [0.1, 0.15) is 0 Å². The van der Waals surface area contributed by atoms with E-state index in [0.717, 1.165) is 17.2 Å². The van der Waals surface area contributed by atoms with Crippen LogP contribution in [-0.2, 0) is 5.41 Å². The summed E-state index contributed by atoms with van der Waals surface area (Å²) in [5, 5.41) is 0. The molecule has 2 aromatic carbocycles. The number of hydrogen-bond donors (Lipinski definition) is 0. The van der Waals surface area contributed by atoms with Crippen LogP contribution in [0.4, 0.5) is 5.69 Å². The fourth-order valence-corrected chi connectivity index (χ4v) is 2.54. The fraction of sp³-hybridized carbons (Fsp3) is 0.350. The van der Waals surface area contributed by atoms with Gasteiger partial charge in [-0.1, -0.05) is 63.2 Å². The monoisotopic (exact) mass is 277 g/mol. The van der Waals surface area contributed by atoms with Gasteiger partial charge in [0.05, 0.1) is 5.69 Å². The van der Waals surface area contributed by atoms with Crippen molar-refractivity contribution >= 4 is 11.9 Å². The van der Waals surface area contributed by atoms with Gasteiger partial charge < -0.3 is 0 Å². The molecule has 21 heavy (non-hydrogen) atoms. The molecule has 0 unspecified atom stereocenters. The van der Waals surface area contributed by atoms with Crippen molar-refractivity contribution in [1.29, 1.82) is 0 Å². The molecule has 1 aliphatic carbocycles. The highest BCUT2D eigenvalue weighted by Gasteiger charge is 2.27. The Balaban J connectivity index is 1.96. The van der Waals surface area contributed by atoms with Gasteiger partial charge in [-0.2, -0.15) is 0 Å². The van der Waals surface area contributed by atoms with Crippen LogP contribution >= 0.6 is 0 Å². The van der Waals surface area contributed by atoms with E-state index in [1.165, 1.54) is 24.0 Å². The lowest BCUT2D eigenvalue weighted by atomic mass is 9.86. The molecule has 3 rings (SSSR count). The third-order valence-corrected chi connectivity index (χ3v) is 4.07. The van der Waals surface area contributed by atoms with Crippen molar-refractivity contribution in [3.05, 3.63) is 65.2 Å². The zero-order valence-electron chi connectivity index (χ0n) is 13.1. The van der Waals surface area contributed by atoms with Crippen molar-refractivity contribution in [3.8, 4) is 0 Å². The molecule has 1 fully saturated rings. The molecule has 0 radical (unpaired) electrons. The van der Waals surface area contributed by atoms with Crippen LogP contribution in [0.5, 0.6) is 0 Å². The first-order valence-electron chi connectivity index (χ1n) is 7.77. The molecule has 1 heteroatoms. The first-order chi connectivity index (χ1) is 10.0. The zero-order chi connectivity index (χ0) is 14.9. The lowest BCUT2D eigenvalue weighted by Gasteiger charge is -2.20. The summed E-state index contributed by atoms with van der Waals surface area (Å²) in [5.74, 6) is 0.724. The summed E-state index contributed by atoms with van der Waals surface area (Å²) < 4.78 is 0. The van der Waals surface area contributed by atoms with Crippen LogP contribution in [-0.4, -0.2) is 6.21 Å². The Morgan fingerprint density at radius 1 is 1.00 bits per heavy atom. The lowest BCUT2D eigenvalue weighted by Crippen LogP contribution is -2.10. The summed E-state index contributed by atoms with van der Waals surface area (Å²) in [6, 6.07) is 17.1. The van der Waals surface area contributed by atoms with Crippen molar-refractivity contribution in [1.82, 2.24) is 0 Å². The molecule has 1 nitrogen and oxygen atoms in total. The predicted octanol–water partition coefficient (Wildman–Crippen LogP) is 5.61. The van der Waals surface area contributed by atoms with Crippen LogP contribution in [0.1, 0.15) is 56.2 Å². The highest BCUT2D eigenvalue weighted by molar-refractivity contribution is 5.82. The number of benzene rings is 2. The first-order valence-corrected chi connectivity index (χ1v) is 7.77. The minimum absolute atomic E-state index is 0.166. The van der Waals surface area contributed by atoms with E-state index < -0.39 is 0 Å². The third-order valence-electron chi connectivity index (χ3n) is 4.07. The van der Waals surface area contributed by atoms with E-state index >= 15 is 0 Å². The van der Waals surface area contributed by atoms with Gasteiger partial charge in [0.2, 0.25) is 0 Å². The van der Waals surface area contributed by atoms with E-state index in [1.807, 2.05) is 12.3 Å². The van der Waals surface area contributed by atoms with Crippen LogP contribution in [0.3, 0.4) is 0 Å². The molecular formula is C20H23N. The molecule has 0 aliphatic heterocycles. The second-order valence-corrected chi connectivity index (χ2v) is 6.97. The Morgan fingerprint density at radius 2 is 1.71 bits per heavy atom. The molecular weight excluding hydrogens is 254 g/mol. The van der Waals surface area contributed by atoms with Crippen LogP contribution in [0.15, 0.2) is 53.5 Å². The average molecular weight is 277 g/mol. The normalized spacial score (nSPS) is 15.6. The second-order valence-electron chi connectivity index (χ2n) is 6.97. The number of nitrogens with zero attached hydrogens (tertiary/aromatic N) is 1. The van der Waals surface area contributed by atoms with Gasteiger partial charge >= 0.3 is 0 Å². The Hall–Kier alpha value is -1.89. The van der Waals surface area contributed by atoms with E-state index in [-0.39, 0.29) is 5.41 Å². The highest BCUT2D eigenvalue weighted by atomic mass is 14.7. The van der Waals surface area contributed by atoms with Crippen molar-refractivity contribution < 1.29 is 0 Å². The topological polar surface area (TPSA) is 12.4 Å². The molecule has 0 atom stereocenters. The maximum Gasteiger partial charge on any atom is 0.0667 e. The Bertz CT molecular complexity index is 643. The van der Waals surface area contributed by atoms with Crippen LogP contribution in [0, 0.1) is 0 Å².